The van der Waals surface area contributed by atoms with E-state index in [2.05, 4.69) is 15.4 Å². The summed E-state index contributed by atoms with van der Waals surface area (Å²) in [7, 11) is 0. The van der Waals surface area contributed by atoms with Crippen LogP contribution in [-0.4, -0.2) is 27.6 Å². The van der Waals surface area contributed by atoms with Crippen LogP contribution in [0.1, 0.15) is 23.6 Å². The number of benzene rings is 1. The van der Waals surface area contributed by atoms with Crippen LogP contribution in [0.3, 0.4) is 0 Å². The van der Waals surface area contributed by atoms with Gasteiger partial charge in [0.05, 0.1) is 17.6 Å². The Morgan fingerprint density at radius 1 is 1.31 bits per heavy atom. The molecule has 3 aromatic rings. The van der Waals surface area contributed by atoms with Gasteiger partial charge in [0.2, 0.25) is 5.91 Å². The van der Waals surface area contributed by atoms with Crippen molar-refractivity contribution in [3.05, 3.63) is 54.0 Å². The van der Waals surface area contributed by atoms with Crippen molar-refractivity contribution >= 4 is 22.5 Å². The number of hydrogen-bond donors (Lipinski definition) is 3. The maximum atomic E-state index is 13.1. The highest BCUT2D eigenvalue weighted by molar-refractivity contribution is 5.97. The van der Waals surface area contributed by atoms with Crippen LogP contribution < -0.4 is 11.1 Å². The number of carbonyl (C=O) groups excluding carboxylic acids is 1. The number of nitrogens with two attached hydrogens (primary N) is 1. The van der Waals surface area contributed by atoms with Gasteiger partial charge in [0.1, 0.15) is 5.69 Å². The second kappa shape index (κ2) is 7.12. The van der Waals surface area contributed by atoms with Gasteiger partial charge in [-0.05, 0) is 37.2 Å². The number of fused-ring (bicyclic) bond motifs is 1. The molecule has 2 heterocycles. The van der Waals surface area contributed by atoms with Crippen molar-refractivity contribution < 1.29 is 18.0 Å². The quantitative estimate of drug-likeness (QED) is 0.649. The fourth-order valence-corrected chi connectivity index (χ4v) is 2.76. The minimum absolute atomic E-state index is 0.0577. The summed E-state index contributed by atoms with van der Waals surface area (Å²) in [6.45, 7) is 0.0577. The van der Waals surface area contributed by atoms with Gasteiger partial charge in [0, 0.05) is 22.8 Å². The van der Waals surface area contributed by atoms with Crippen LogP contribution in [-0.2, 0) is 11.0 Å². The van der Waals surface area contributed by atoms with E-state index in [9.17, 15) is 18.0 Å². The van der Waals surface area contributed by atoms with Gasteiger partial charge >= 0.3 is 6.18 Å². The summed E-state index contributed by atoms with van der Waals surface area (Å²) >= 11 is 0. The van der Waals surface area contributed by atoms with E-state index >= 15 is 0 Å². The molecule has 6 nitrogen and oxygen atoms in total. The monoisotopic (exact) mass is 363 g/mol. The Hall–Kier alpha value is -2.94. The van der Waals surface area contributed by atoms with Gasteiger partial charge in [-0.3, -0.25) is 14.9 Å². The van der Waals surface area contributed by atoms with E-state index in [0.717, 1.165) is 17.1 Å². The molecule has 9 heteroatoms. The Morgan fingerprint density at radius 3 is 2.85 bits per heavy atom. The molecule has 0 saturated carbocycles. The Labute approximate surface area is 146 Å². The number of halogens is 3. The Kier molecular flexibility index (Phi) is 4.90. The van der Waals surface area contributed by atoms with Gasteiger partial charge in [-0.2, -0.15) is 18.3 Å². The molecule has 0 aliphatic heterocycles. The van der Waals surface area contributed by atoms with E-state index in [-0.39, 0.29) is 18.5 Å². The molecule has 0 fully saturated rings. The first-order chi connectivity index (χ1) is 12.4. The second-order valence-electron chi connectivity index (χ2n) is 5.73. The summed E-state index contributed by atoms with van der Waals surface area (Å²) in [5, 5.41) is 8.83. The van der Waals surface area contributed by atoms with Crippen molar-refractivity contribution in [1.29, 1.82) is 0 Å². The minimum atomic E-state index is -4.63. The standard InChI is InChI=1S/C17H16F3N5O/c18-17(19,20)15-13(9-23-25-15)12(5-6-21)16(26)24-11-3-4-14-10(8-11)2-1-7-22-14/h1-4,7-9,12H,5-6,21H2,(H,23,25)(H,24,26). The summed E-state index contributed by atoms with van der Waals surface area (Å²) in [6.07, 6.45) is -1.90. The third-order valence-electron chi connectivity index (χ3n) is 3.97. The van der Waals surface area contributed by atoms with E-state index in [4.69, 9.17) is 5.73 Å². The molecule has 4 N–H and O–H groups in total. The van der Waals surface area contributed by atoms with Gasteiger partial charge in [-0.25, -0.2) is 0 Å². The number of hydrogen-bond acceptors (Lipinski definition) is 4. The first-order valence-corrected chi connectivity index (χ1v) is 7.86. The Bertz CT molecular complexity index is 922. The number of carbonyl (C=O) groups is 1. The molecular weight excluding hydrogens is 347 g/mol. The average molecular weight is 363 g/mol. The van der Waals surface area contributed by atoms with Crippen LogP contribution in [0, 0.1) is 0 Å². The number of rotatable bonds is 5. The maximum absolute atomic E-state index is 13.1. The molecule has 136 valence electrons. The molecule has 3 rings (SSSR count). The lowest BCUT2D eigenvalue weighted by Gasteiger charge is -2.17. The summed E-state index contributed by atoms with van der Waals surface area (Å²) in [6, 6.07) is 8.66. The van der Waals surface area contributed by atoms with Crippen LogP contribution >= 0.6 is 0 Å². The topological polar surface area (TPSA) is 96.7 Å². The van der Waals surface area contributed by atoms with Crippen molar-refractivity contribution in [2.75, 3.05) is 11.9 Å². The van der Waals surface area contributed by atoms with Crippen molar-refractivity contribution in [2.45, 2.75) is 18.5 Å². The smallest absolute Gasteiger partial charge is 0.330 e. The highest BCUT2D eigenvalue weighted by Crippen LogP contribution is 2.35. The number of nitrogens with one attached hydrogen (secondary N) is 2. The molecule has 2 aromatic heterocycles. The van der Waals surface area contributed by atoms with Gasteiger partial charge < -0.3 is 11.1 Å². The number of aromatic nitrogens is 3. The average Bonchev–Trinajstić information content (AvgIpc) is 3.09. The zero-order valence-electron chi connectivity index (χ0n) is 13.5. The number of aromatic amines is 1. The summed E-state index contributed by atoms with van der Waals surface area (Å²) in [5.74, 6) is -1.65. The molecule has 26 heavy (non-hydrogen) atoms. The molecule has 0 saturated heterocycles. The predicted octanol–water partition coefficient (Wildman–Crippen LogP) is 3.05. The molecule has 0 bridgehead atoms. The van der Waals surface area contributed by atoms with Gasteiger partial charge in [-0.15, -0.1) is 0 Å². The summed E-state index contributed by atoms with van der Waals surface area (Å²) in [4.78, 5) is 16.8. The van der Waals surface area contributed by atoms with Crippen LogP contribution in [0.4, 0.5) is 18.9 Å². The van der Waals surface area contributed by atoms with E-state index in [1.54, 1.807) is 30.5 Å². The Balaban J connectivity index is 1.88. The molecule has 0 spiro atoms. The molecule has 1 aromatic carbocycles. The van der Waals surface area contributed by atoms with E-state index in [1.807, 2.05) is 11.2 Å². The lowest BCUT2D eigenvalue weighted by molar-refractivity contribution is -0.142. The SMILES string of the molecule is NCCC(C(=O)Nc1ccc2ncccc2c1)c1cn[nH]c1C(F)(F)F. The van der Waals surface area contributed by atoms with Crippen LogP contribution in [0.5, 0.6) is 0 Å². The van der Waals surface area contributed by atoms with Crippen LogP contribution in [0.2, 0.25) is 0 Å². The van der Waals surface area contributed by atoms with E-state index in [1.165, 1.54) is 0 Å². The summed E-state index contributed by atoms with van der Waals surface area (Å²) < 4.78 is 39.3. The van der Waals surface area contributed by atoms with Crippen molar-refractivity contribution in [1.82, 2.24) is 15.2 Å². The van der Waals surface area contributed by atoms with Gasteiger partial charge in [0.15, 0.2) is 0 Å². The predicted molar refractivity (Wildman–Crippen MR) is 90.4 cm³/mol. The second-order valence-corrected chi connectivity index (χ2v) is 5.73. The molecule has 0 radical (unpaired) electrons. The van der Waals surface area contributed by atoms with Crippen molar-refractivity contribution in [2.24, 2.45) is 5.73 Å². The van der Waals surface area contributed by atoms with E-state index < -0.39 is 23.7 Å². The minimum Gasteiger partial charge on any atom is -0.330 e. The maximum Gasteiger partial charge on any atom is 0.433 e. The number of nitrogens with zero attached hydrogens (tertiary/aromatic N) is 2. The van der Waals surface area contributed by atoms with Crippen molar-refractivity contribution in [3.8, 4) is 0 Å². The first-order valence-electron chi connectivity index (χ1n) is 7.86. The highest BCUT2D eigenvalue weighted by atomic mass is 19.4. The fraction of sp³-hybridized carbons (Fsp3) is 0.235. The zero-order valence-corrected chi connectivity index (χ0v) is 13.5. The van der Waals surface area contributed by atoms with Gasteiger partial charge in [0.25, 0.3) is 0 Å². The Morgan fingerprint density at radius 2 is 2.12 bits per heavy atom. The summed E-state index contributed by atoms with van der Waals surface area (Å²) in [5.41, 5.74) is 5.46. The van der Waals surface area contributed by atoms with Crippen LogP contribution in [0.25, 0.3) is 10.9 Å². The third kappa shape index (κ3) is 3.67. The lowest BCUT2D eigenvalue weighted by Crippen LogP contribution is -2.25. The number of alkyl halides is 3. The van der Waals surface area contributed by atoms with Crippen molar-refractivity contribution in [3.63, 3.8) is 0 Å². The van der Waals surface area contributed by atoms with Gasteiger partial charge in [-0.1, -0.05) is 6.07 Å². The highest BCUT2D eigenvalue weighted by Gasteiger charge is 2.39. The number of pyridine rings is 1. The molecule has 1 atom stereocenters. The zero-order chi connectivity index (χ0) is 18.7. The number of H-pyrrole nitrogens is 1. The van der Waals surface area contributed by atoms with E-state index in [0.29, 0.717) is 5.69 Å². The third-order valence-corrected chi connectivity index (χ3v) is 3.97. The first kappa shape index (κ1) is 17.9. The fourth-order valence-electron chi connectivity index (χ4n) is 2.76. The molecule has 1 amide bonds. The molecule has 0 aliphatic carbocycles. The molecule has 0 aliphatic rings. The van der Waals surface area contributed by atoms with Crippen LogP contribution in [0.15, 0.2) is 42.7 Å². The normalized spacial score (nSPS) is 12.9. The molecule has 1 unspecified atom stereocenters. The number of amides is 1. The molecular formula is C17H16F3N5O. The largest absolute Gasteiger partial charge is 0.433 e. The number of anilines is 1. The lowest BCUT2D eigenvalue weighted by atomic mass is 9.94.